The van der Waals surface area contributed by atoms with Crippen molar-refractivity contribution in [1.29, 1.82) is 0 Å². The molecule has 1 aliphatic rings. The summed E-state index contributed by atoms with van der Waals surface area (Å²) in [7, 11) is -2.31. The molecule has 2 aromatic rings. The molecule has 3 rings (SSSR count). The van der Waals surface area contributed by atoms with Gasteiger partial charge in [0.05, 0.1) is 19.1 Å². The zero-order valence-electron chi connectivity index (χ0n) is 20.9. The molecule has 0 radical (unpaired) electrons. The Labute approximate surface area is 222 Å². The van der Waals surface area contributed by atoms with Crippen molar-refractivity contribution >= 4 is 43.5 Å². The van der Waals surface area contributed by atoms with Crippen LogP contribution in [-0.4, -0.2) is 57.1 Å². The van der Waals surface area contributed by atoms with Crippen LogP contribution in [0, 0.1) is 0 Å². The van der Waals surface area contributed by atoms with Crippen molar-refractivity contribution in [2.24, 2.45) is 0 Å². The van der Waals surface area contributed by atoms with E-state index in [4.69, 9.17) is 4.74 Å². The Balaban J connectivity index is 1.88. The Bertz CT molecular complexity index is 1170. The second-order valence-electron chi connectivity index (χ2n) is 9.14. The predicted octanol–water partition coefficient (Wildman–Crippen LogP) is 4.09. The maximum absolute atomic E-state index is 13.7. The molecule has 1 N–H and O–H groups in total. The lowest BCUT2D eigenvalue weighted by molar-refractivity contribution is -0.139. The first kappa shape index (κ1) is 28.0. The standard InChI is InChI=1S/C26H34BrN3O5S/c1-19(26(32)28-22-11-5-4-6-12-22)29(17-20-9-7-10-21(27)15-20)25(31)18-30(36(3,33)34)23-13-8-14-24(16-23)35-2/h7-10,13-16,19,22H,4-6,11-12,17-18H2,1-3H3,(H,28,32). The van der Waals surface area contributed by atoms with E-state index in [2.05, 4.69) is 21.2 Å². The van der Waals surface area contributed by atoms with Crippen LogP contribution in [0.1, 0.15) is 44.6 Å². The van der Waals surface area contributed by atoms with E-state index in [1.54, 1.807) is 31.2 Å². The van der Waals surface area contributed by atoms with Gasteiger partial charge in [0, 0.05) is 23.1 Å². The van der Waals surface area contributed by atoms with Crippen LogP contribution in [0.3, 0.4) is 0 Å². The van der Waals surface area contributed by atoms with E-state index < -0.39 is 28.5 Å². The predicted molar refractivity (Wildman–Crippen MR) is 144 cm³/mol. The fourth-order valence-corrected chi connectivity index (χ4v) is 5.65. The van der Waals surface area contributed by atoms with Gasteiger partial charge in [0.2, 0.25) is 21.8 Å². The highest BCUT2D eigenvalue weighted by Gasteiger charge is 2.31. The third kappa shape index (κ3) is 7.70. The van der Waals surface area contributed by atoms with E-state index >= 15 is 0 Å². The van der Waals surface area contributed by atoms with Gasteiger partial charge in [0.15, 0.2) is 0 Å². The molecule has 10 heteroatoms. The summed E-state index contributed by atoms with van der Waals surface area (Å²) in [5.74, 6) is -0.244. The van der Waals surface area contributed by atoms with Crippen LogP contribution < -0.4 is 14.4 Å². The van der Waals surface area contributed by atoms with Gasteiger partial charge in [0.25, 0.3) is 0 Å². The normalized spacial score (nSPS) is 15.1. The summed E-state index contributed by atoms with van der Waals surface area (Å²) in [6.07, 6.45) is 6.22. The van der Waals surface area contributed by atoms with Crippen molar-refractivity contribution in [1.82, 2.24) is 10.2 Å². The first-order valence-corrected chi connectivity index (χ1v) is 14.7. The van der Waals surface area contributed by atoms with Crippen LogP contribution in [0.4, 0.5) is 5.69 Å². The molecule has 0 spiro atoms. The molecule has 0 heterocycles. The number of carbonyl (C=O) groups is 2. The van der Waals surface area contributed by atoms with Crippen LogP contribution in [0.2, 0.25) is 0 Å². The van der Waals surface area contributed by atoms with Crippen LogP contribution in [0.15, 0.2) is 53.0 Å². The van der Waals surface area contributed by atoms with E-state index in [1.165, 1.54) is 18.4 Å². The number of amides is 2. The third-order valence-corrected chi connectivity index (χ3v) is 8.02. The molecule has 1 atom stereocenters. The smallest absolute Gasteiger partial charge is 0.244 e. The fourth-order valence-electron chi connectivity index (χ4n) is 4.36. The highest BCUT2D eigenvalue weighted by molar-refractivity contribution is 9.10. The number of carbonyl (C=O) groups excluding carboxylic acids is 2. The van der Waals surface area contributed by atoms with E-state index in [1.807, 2.05) is 24.3 Å². The molecule has 8 nitrogen and oxygen atoms in total. The van der Waals surface area contributed by atoms with Crippen molar-refractivity contribution in [2.75, 3.05) is 24.2 Å². The van der Waals surface area contributed by atoms with E-state index in [0.717, 1.165) is 46.3 Å². The molecule has 1 saturated carbocycles. The molecule has 196 valence electrons. The fraction of sp³-hybridized carbons (Fsp3) is 0.462. The Kier molecular flexibility index (Phi) is 9.78. The first-order valence-electron chi connectivity index (χ1n) is 12.0. The lowest BCUT2D eigenvalue weighted by Gasteiger charge is -2.33. The minimum absolute atomic E-state index is 0.0980. The molecular formula is C26H34BrN3O5S. The molecule has 0 aromatic heterocycles. The van der Waals surface area contributed by atoms with Gasteiger partial charge in [-0.2, -0.15) is 0 Å². The quantitative estimate of drug-likeness (QED) is 0.457. The lowest BCUT2D eigenvalue weighted by atomic mass is 9.95. The van der Waals surface area contributed by atoms with Crippen LogP contribution in [0.5, 0.6) is 5.75 Å². The lowest BCUT2D eigenvalue weighted by Crippen LogP contribution is -2.52. The van der Waals surface area contributed by atoms with Crippen molar-refractivity contribution in [3.05, 3.63) is 58.6 Å². The SMILES string of the molecule is COc1cccc(N(CC(=O)N(Cc2cccc(Br)c2)C(C)C(=O)NC2CCCCC2)S(C)(=O)=O)c1. The number of benzene rings is 2. The number of sulfonamides is 1. The topological polar surface area (TPSA) is 96.0 Å². The van der Waals surface area contributed by atoms with Gasteiger partial charge < -0.3 is 15.0 Å². The summed E-state index contributed by atoms with van der Waals surface area (Å²) in [5.41, 5.74) is 1.13. The number of anilines is 1. The van der Waals surface area contributed by atoms with Crippen LogP contribution in [-0.2, 0) is 26.2 Å². The maximum atomic E-state index is 13.7. The van der Waals surface area contributed by atoms with Gasteiger partial charge in [-0.05, 0) is 49.6 Å². The van der Waals surface area contributed by atoms with Gasteiger partial charge >= 0.3 is 0 Å². The largest absolute Gasteiger partial charge is 0.497 e. The van der Waals surface area contributed by atoms with E-state index in [0.29, 0.717) is 11.4 Å². The summed E-state index contributed by atoms with van der Waals surface area (Å²) in [6, 6.07) is 13.3. The van der Waals surface area contributed by atoms with Crippen molar-refractivity contribution < 1.29 is 22.7 Å². The second-order valence-corrected chi connectivity index (χ2v) is 12.0. The number of rotatable bonds is 10. The highest BCUT2D eigenvalue weighted by Crippen LogP contribution is 2.24. The molecule has 2 aromatic carbocycles. The molecule has 1 unspecified atom stereocenters. The summed E-state index contributed by atoms with van der Waals surface area (Å²) in [6.45, 7) is 1.40. The molecule has 1 fully saturated rings. The molecule has 1 aliphatic carbocycles. The highest BCUT2D eigenvalue weighted by atomic mass is 79.9. The number of methoxy groups -OCH3 is 1. The summed E-state index contributed by atoms with van der Waals surface area (Å²) < 4.78 is 32.5. The monoisotopic (exact) mass is 579 g/mol. The molecule has 0 aliphatic heterocycles. The van der Waals surface area contributed by atoms with Crippen molar-refractivity contribution in [3.8, 4) is 5.75 Å². The Morgan fingerprint density at radius 3 is 2.44 bits per heavy atom. The number of nitrogens with zero attached hydrogens (tertiary/aromatic N) is 2. The average Bonchev–Trinajstić information content (AvgIpc) is 2.85. The molecule has 0 bridgehead atoms. The Morgan fingerprint density at radius 2 is 1.81 bits per heavy atom. The Hall–Kier alpha value is -2.59. The molecule has 2 amide bonds. The van der Waals surface area contributed by atoms with Gasteiger partial charge in [-0.15, -0.1) is 0 Å². The summed E-state index contributed by atoms with van der Waals surface area (Å²) >= 11 is 3.45. The minimum Gasteiger partial charge on any atom is -0.497 e. The van der Waals surface area contributed by atoms with E-state index in [-0.39, 0.29) is 18.5 Å². The van der Waals surface area contributed by atoms with Gasteiger partial charge in [-0.3, -0.25) is 13.9 Å². The molecule has 0 saturated heterocycles. The number of hydrogen-bond donors (Lipinski definition) is 1. The zero-order chi connectivity index (χ0) is 26.3. The van der Waals surface area contributed by atoms with Crippen molar-refractivity contribution in [3.63, 3.8) is 0 Å². The third-order valence-electron chi connectivity index (χ3n) is 6.38. The summed E-state index contributed by atoms with van der Waals surface area (Å²) in [4.78, 5) is 28.3. The number of halogens is 1. The Morgan fingerprint density at radius 1 is 1.11 bits per heavy atom. The maximum Gasteiger partial charge on any atom is 0.244 e. The average molecular weight is 581 g/mol. The van der Waals surface area contributed by atoms with Crippen LogP contribution in [0.25, 0.3) is 0 Å². The van der Waals surface area contributed by atoms with Crippen molar-refractivity contribution in [2.45, 2.75) is 57.7 Å². The minimum atomic E-state index is -3.80. The van der Waals surface area contributed by atoms with E-state index in [9.17, 15) is 18.0 Å². The zero-order valence-corrected chi connectivity index (χ0v) is 23.3. The van der Waals surface area contributed by atoms with Crippen LogP contribution >= 0.6 is 15.9 Å². The number of nitrogens with one attached hydrogen (secondary N) is 1. The summed E-state index contributed by atoms with van der Waals surface area (Å²) in [5, 5.41) is 3.09. The molecule has 36 heavy (non-hydrogen) atoms. The molecular weight excluding hydrogens is 546 g/mol. The second kappa shape index (κ2) is 12.6. The number of hydrogen-bond acceptors (Lipinski definition) is 5. The van der Waals surface area contributed by atoms with Gasteiger partial charge in [-0.25, -0.2) is 8.42 Å². The van der Waals surface area contributed by atoms with Gasteiger partial charge in [-0.1, -0.05) is 53.4 Å². The number of ether oxygens (including phenoxy) is 1. The van der Waals surface area contributed by atoms with Gasteiger partial charge in [0.1, 0.15) is 18.3 Å². The first-order chi connectivity index (χ1) is 17.1.